The molecule has 2 saturated carbocycles. The number of hydrogen-bond donors (Lipinski definition) is 3. The molecule has 6 heteroatoms. The van der Waals surface area contributed by atoms with Gasteiger partial charge in [0.2, 0.25) is 0 Å². The molecule has 2 fully saturated rings. The summed E-state index contributed by atoms with van der Waals surface area (Å²) in [5, 5.41) is 29.2. The van der Waals surface area contributed by atoms with Crippen LogP contribution in [0.5, 0.6) is 0 Å². The molecule has 0 saturated heterocycles. The molecule has 2 aliphatic carbocycles. The van der Waals surface area contributed by atoms with Gasteiger partial charge in [0.25, 0.3) is 0 Å². The molecule has 26 heavy (non-hydrogen) atoms. The largest absolute Gasteiger partial charge is 0.481 e. The first-order chi connectivity index (χ1) is 12.5. The van der Waals surface area contributed by atoms with Crippen molar-refractivity contribution in [1.29, 1.82) is 0 Å². The number of rotatable bonds is 8. The van der Waals surface area contributed by atoms with Gasteiger partial charge >= 0.3 is 5.97 Å². The number of halogens is 1. The van der Waals surface area contributed by atoms with Crippen molar-refractivity contribution in [2.24, 2.45) is 17.8 Å². The SMILES string of the molecule is O=C(O)CSCCCCC1C(Cl)CC(O)C1C#CC(O)C1CCCCC1. The fraction of sp³-hybridized carbons (Fsp3) is 0.850. The Balaban J connectivity index is 1.81. The van der Waals surface area contributed by atoms with E-state index < -0.39 is 18.2 Å². The van der Waals surface area contributed by atoms with Crippen molar-refractivity contribution in [3.8, 4) is 11.8 Å². The van der Waals surface area contributed by atoms with E-state index >= 15 is 0 Å². The molecule has 0 heterocycles. The molecule has 0 amide bonds. The molecule has 4 nitrogen and oxygen atoms in total. The molecule has 0 aliphatic heterocycles. The fourth-order valence-electron chi connectivity index (χ4n) is 4.12. The highest BCUT2D eigenvalue weighted by molar-refractivity contribution is 7.99. The Morgan fingerprint density at radius 1 is 1.23 bits per heavy atom. The van der Waals surface area contributed by atoms with Crippen molar-refractivity contribution in [2.45, 2.75) is 75.4 Å². The highest BCUT2D eigenvalue weighted by atomic mass is 35.5. The molecule has 2 aliphatic rings. The van der Waals surface area contributed by atoms with E-state index in [1.54, 1.807) is 0 Å². The average molecular weight is 403 g/mol. The Labute approximate surface area is 166 Å². The minimum atomic E-state index is -0.776. The number of thioether (sulfide) groups is 1. The number of unbranched alkanes of at least 4 members (excludes halogenated alkanes) is 1. The Hall–Kier alpha value is -0.410. The number of alkyl halides is 1. The van der Waals surface area contributed by atoms with Crippen LogP contribution in [0.4, 0.5) is 0 Å². The Bertz CT molecular complexity index is 498. The average Bonchev–Trinajstić information content (AvgIpc) is 2.89. The van der Waals surface area contributed by atoms with Gasteiger partial charge in [-0.2, -0.15) is 11.8 Å². The van der Waals surface area contributed by atoms with Gasteiger partial charge in [0.15, 0.2) is 0 Å². The smallest absolute Gasteiger partial charge is 0.313 e. The Kier molecular flexibility index (Phi) is 9.63. The van der Waals surface area contributed by atoms with Gasteiger partial charge in [0.1, 0.15) is 6.10 Å². The van der Waals surface area contributed by atoms with E-state index in [1.807, 2.05) is 0 Å². The zero-order valence-corrected chi connectivity index (χ0v) is 16.9. The lowest BCUT2D eigenvalue weighted by Crippen LogP contribution is -2.23. The molecule has 0 radical (unpaired) electrons. The molecule has 0 aromatic heterocycles. The molecular formula is C20H31ClO4S. The summed E-state index contributed by atoms with van der Waals surface area (Å²) in [6, 6.07) is 0. The summed E-state index contributed by atoms with van der Waals surface area (Å²) in [5.41, 5.74) is 0. The van der Waals surface area contributed by atoms with E-state index in [0.717, 1.165) is 37.9 Å². The van der Waals surface area contributed by atoms with E-state index in [9.17, 15) is 15.0 Å². The number of aliphatic hydroxyl groups excluding tert-OH is 2. The first-order valence-corrected chi connectivity index (χ1v) is 11.4. The lowest BCUT2D eigenvalue weighted by molar-refractivity contribution is -0.133. The predicted molar refractivity (Wildman–Crippen MR) is 106 cm³/mol. The van der Waals surface area contributed by atoms with Gasteiger partial charge < -0.3 is 15.3 Å². The maximum absolute atomic E-state index is 10.5. The molecule has 2 rings (SSSR count). The van der Waals surface area contributed by atoms with Gasteiger partial charge in [-0.25, -0.2) is 0 Å². The van der Waals surface area contributed by atoms with E-state index in [1.165, 1.54) is 31.0 Å². The quantitative estimate of drug-likeness (QED) is 0.329. The molecule has 5 atom stereocenters. The van der Waals surface area contributed by atoms with Crippen LogP contribution in [0.1, 0.15) is 57.8 Å². The number of carboxylic acids is 1. The minimum absolute atomic E-state index is 0.0807. The van der Waals surface area contributed by atoms with Crippen molar-refractivity contribution in [2.75, 3.05) is 11.5 Å². The maximum Gasteiger partial charge on any atom is 0.313 e. The summed E-state index contributed by atoms with van der Waals surface area (Å²) in [7, 11) is 0. The monoisotopic (exact) mass is 402 g/mol. The highest BCUT2D eigenvalue weighted by Gasteiger charge is 2.40. The van der Waals surface area contributed by atoms with E-state index in [-0.39, 0.29) is 28.9 Å². The van der Waals surface area contributed by atoms with Gasteiger partial charge in [-0.15, -0.1) is 11.6 Å². The lowest BCUT2D eigenvalue weighted by Gasteiger charge is -2.24. The van der Waals surface area contributed by atoms with Crippen LogP contribution < -0.4 is 0 Å². The highest BCUT2D eigenvalue weighted by Crippen LogP contribution is 2.39. The van der Waals surface area contributed by atoms with Gasteiger partial charge in [-0.1, -0.05) is 37.5 Å². The summed E-state index contributed by atoms with van der Waals surface area (Å²) in [6.07, 6.45) is 7.89. The predicted octanol–water partition coefficient (Wildman–Crippen LogP) is 3.52. The molecule has 0 aromatic carbocycles. The number of hydrogen-bond acceptors (Lipinski definition) is 4. The maximum atomic E-state index is 10.5. The second-order valence-electron chi connectivity index (χ2n) is 7.58. The van der Waals surface area contributed by atoms with Crippen molar-refractivity contribution >= 4 is 29.3 Å². The zero-order chi connectivity index (χ0) is 18.9. The molecule has 0 spiro atoms. The molecule has 148 valence electrons. The summed E-state index contributed by atoms with van der Waals surface area (Å²) >= 11 is 7.87. The number of aliphatic carboxylic acids is 1. The molecule has 0 bridgehead atoms. The van der Waals surface area contributed by atoms with Crippen LogP contribution in [0.3, 0.4) is 0 Å². The number of aliphatic hydroxyl groups is 2. The van der Waals surface area contributed by atoms with Crippen molar-refractivity contribution in [1.82, 2.24) is 0 Å². The van der Waals surface area contributed by atoms with Crippen LogP contribution in [0, 0.1) is 29.6 Å². The zero-order valence-electron chi connectivity index (χ0n) is 15.3. The van der Waals surface area contributed by atoms with Gasteiger partial charge in [-0.05, 0) is 49.7 Å². The second kappa shape index (κ2) is 11.4. The first-order valence-electron chi connectivity index (χ1n) is 9.80. The topological polar surface area (TPSA) is 77.8 Å². The fourth-order valence-corrected chi connectivity index (χ4v) is 5.31. The molecule has 5 unspecified atom stereocenters. The van der Waals surface area contributed by atoms with E-state index in [4.69, 9.17) is 16.7 Å². The van der Waals surface area contributed by atoms with Crippen LogP contribution in [-0.4, -0.2) is 50.4 Å². The van der Waals surface area contributed by atoms with Crippen LogP contribution in [-0.2, 0) is 4.79 Å². The number of carbonyl (C=O) groups is 1. The number of carboxylic acid groups (broad SMARTS) is 1. The third-order valence-corrected chi connectivity index (χ3v) is 7.13. The van der Waals surface area contributed by atoms with Gasteiger partial charge in [0.05, 0.1) is 17.8 Å². The second-order valence-corrected chi connectivity index (χ2v) is 9.25. The van der Waals surface area contributed by atoms with E-state index in [2.05, 4.69) is 11.8 Å². The van der Waals surface area contributed by atoms with Crippen molar-refractivity contribution in [3.05, 3.63) is 0 Å². The van der Waals surface area contributed by atoms with Crippen molar-refractivity contribution in [3.63, 3.8) is 0 Å². The summed E-state index contributed by atoms with van der Waals surface area (Å²) in [5.74, 6) is 6.62. The van der Waals surface area contributed by atoms with Crippen LogP contribution in [0.2, 0.25) is 0 Å². The van der Waals surface area contributed by atoms with E-state index in [0.29, 0.717) is 6.42 Å². The standard InChI is InChI=1S/C20H31ClO4S/c21-17-12-19(23)16(9-10-18(22)14-6-2-1-3-7-14)15(17)8-4-5-11-26-13-20(24)25/h14-19,22-23H,1-8,11-13H2,(H,24,25). The summed E-state index contributed by atoms with van der Waals surface area (Å²) < 4.78 is 0. The van der Waals surface area contributed by atoms with Crippen LogP contribution in [0.15, 0.2) is 0 Å². The Morgan fingerprint density at radius 3 is 2.65 bits per heavy atom. The third kappa shape index (κ3) is 6.96. The molecule has 3 N–H and O–H groups in total. The van der Waals surface area contributed by atoms with Gasteiger partial charge in [-0.3, -0.25) is 4.79 Å². The summed E-state index contributed by atoms with van der Waals surface area (Å²) in [4.78, 5) is 10.5. The summed E-state index contributed by atoms with van der Waals surface area (Å²) in [6.45, 7) is 0. The molecule has 0 aromatic rings. The first kappa shape index (κ1) is 21.9. The normalized spacial score (nSPS) is 30.6. The van der Waals surface area contributed by atoms with Crippen molar-refractivity contribution < 1.29 is 20.1 Å². The van der Waals surface area contributed by atoms with Crippen LogP contribution in [0.25, 0.3) is 0 Å². The van der Waals surface area contributed by atoms with Crippen LogP contribution >= 0.6 is 23.4 Å². The molecular weight excluding hydrogens is 372 g/mol. The minimum Gasteiger partial charge on any atom is -0.481 e. The Morgan fingerprint density at radius 2 is 1.96 bits per heavy atom. The third-order valence-electron chi connectivity index (χ3n) is 5.60. The van der Waals surface area contributed by atoms with Gasteiger partial charge in [0, 0.05) is 5.38 Å². The lowest BCUT2D eigenvalue weighted by atomic mass is 9.84.